The number of hydrogen-bond donors (Lipinski definition) is 0. The fourth-order valence-corrected chi connectivity index (χ4v) is 5.91. The van der Waals surface area contributed by atoms with E-state index in [9.17, 15) is 0 Å². The summed E-state index contributed by atoms with van der Waals surface area (Å²) < 4.78 is 5.46. The van der Waals surface area contributed by atoms with E-state index in [4.69, 9.17) is 4.74 Å². The van der Waals surface area contributed by atoms with E-state index < -0.39 is 0 Å². The third-order valence-electron chi connectivity index (χ3n) is 6.69. The van der Waals surface area contributed by atoms with Crippen LogP contribution < -0.4 is 4.90 Å². The maximum Gasteiger partial charge on any atom is 0.0594 e. The van der Waals surface area contributed by atoms with Crippen LogP contribution in [0.2, 0.25) is 0 Å². The summed E-state index contributed by atoms with van der Waals surface area (Å²) >= 11 is 1.89. The topological polar surface area (TPSA) is 22.2 Å². The highest BCUT2D eigenvalue weighted by Gasteiger charge is 2.23. The van der Waals surface area contributed by atoms with Gasteiger partial charge < -0.3 is 14.5 Å². The van der Waals surface area contributed by atoms with E-state index in [-0.39, 0.29) is 0 Å². The molecule has 3 aliphatic heterocycles. The third-order valence-corrected chi connectivity index (χ3v) is 7.82. The van der Waals surface area contributed by atoms with Gasteiger partial charge >= 0.3 is 0 Å². The molecule has 2 fully saturated rings. The molecule has 0 atom stereocenters. The van der Waals surface area contributed by atoms with Crippen LogP contribution in [0, 0.1) is 0 Å². The summed E-state index contributed by atoms with van der Waals surface area (Å²) in [6.45, 7) is 13.5. The molecule has 5 nitrogen and oxygen atoms in total. The monoisotopic (exact) mass is 438 g/mol. The van der Waals surface area contributed by atoms with Crippen LogP contribution in [0.15, 0.2) is 58.3 Å². The fraction of sp³-hybridized carbons (Fsp3) is 0.520. The van der Waals surface area contributed by atoms with Crippen LogP contribution in [0.1, 0.15) is 6.42 Å². The van der Waals surface area contributed by atoms with E-state index in [0.717, 1.165) is 32.8 Å². The second kappa shape index (κ2) is 10.4. The quantitative estimate of drug-likeness (QED) is 0.654. The Kier molecular flexibility index (Phi) is 7.12. The Morgan fingerprint density at radius 1 is 0.613 bits per heavy atom. The molecule has 2 aromatic carbocycles. The molecule has 0 unspecified atom stereocenters. The fourth-order valence-electron chi connectivity index (χ4n) is 4.82. The minimum Gasteiger partial charge on any atom is -0.379 e. The van der Waals surface area contributed by atoms with Gasteiger partial charge in [-0.1, -0.05) is 36.0 Å². The molecular formula is C25H34N4OS. The SMILES string of the molecule is c1ccc2c(c1)Sc1ccccc1N2CCCN1CCN(CCN2CCOCC2)CC1. The molecule has 3 aliphatic rings. The van der Waals surface area contributed by atoms with Gasteiger partial charge in [0.15, 0.2) is 0 Å². The van der Waals surface area contributed by atoms with E-state index >= 15 is 0 Å². The van der Waals surface area contributed by atoms with Crippen molar-refractivity contribution in [3.63, 3.8) is 0 Å². The number of fused-ring (bicyclic) bond motifs is 2. The van der Waals surface area contributed by atoms with Gasteiger partial charge in [-0.15, -0.1) is 0 Å². The van der Waals surface area contributed by atoms with Gasteiger partial charge in [0.25, 0.3) is 0 Å². The second-order valence-electron chi connectivity index (χ2n) is 8.68. The van der Waals surface area contributed by atoms with Crippen LogP contribution in [0.3, 0.4) is 0 Å². The van der Waals surface area contributed by atoms with Gasteiger partial charge in [-0.3, -0.25) is 9.80 Å². The number of nitrogens with zero attached hydrogens (tertiary/aromatic N) is 4. The van der Waals surface area contributed by atoms with Crippen LogP contribution in [-0.2, 0) is 4.74 Å². The van der Waals surface area contributed by atoms with E-state index in [2.05, 4.69) is 68.1 Å². The number of anilines is 2. The molecule has 2 saturated heterocycles. The average molecular weight is 439 g/mol. The van der Waals surface area contributed by atoms with E-state index in [1.807, 2.05) is 11.8 Å². The number of piperazine rings is 1. The molecule has 0 amide bonds. The molecule has 0 bridgehead atoms. The lowest BCUT2D eigenvalue weighted by Gasteiger charge is -2.37. The Morgan fingerprint density at radius 2 is 1.13 bits per heavy atom. The third kappa shape index (κ3) is 5.26. The molecule has 0 aromatic heterocycles. The minimum absolute atomic E-state index is 0.901. The van der Waals surface area contributed by atoms with Crippen LogP contribution >= 0.6 is 11.8 Å². The molecule has 0 saturated carbocycles. The van der Waals surface area contributed by atoms with Crippen molar-refractivity contribution in [2.24, 2.45) is 0 Å². The molecule has 0 radical (unpaired) electrons. The number of morpholine rings is 1. The number of hydrogen-bond acceptors (Lipinski definition) is 6. The van der Waals surface area contributed by atoms with E-state index in [1.165, 1.54) is 73.4 Å². The summed E-state index contributed by atoms with van der Waals surface area (Å²) in [5.74, 6) is 0. The van der Waals surface area contributed by atoms with Gasteiger partial charge in [0.1, 0.15) is 0 Å². The molecule has 0 spiro atoms. The highest BCUT2D eigenvalue weighted by molar-refractivity contribution is 7.99. The Bertz CT molecular complexity index is 803. The highest BCUT2D eigenvalue weighted by Crippen LogP contribution is 2.47. The molecular weight excluding hydrogens is 404 g/mol. The standard InChI is InChI=1S/C25H34N4OS/c1-3-8-24-22(6-1)29(23-7-2-4-9-25(23)31-24)11-5-10-26-12-14-27(15-13-26)16-17-28-18-20-30-21-19-28/h1-4,6-9H,5,10-21H2. The van der Waals surface area contributed by atoms with Crippen molar-refractivity contribution in [2.45, 2.75) is 16.2 Å². The van der Waals surface area contributed by atoms with E-state index in [1.54, 1.807) is 0 Å². The summed E-state index contributed by atoms with van der Waals surface area (Å²) in [5, 5.41) is 0. The van der Waals surface area contributed by atoms with Crippen LogP contribution in [0.5, 0.6) is 0 Å². The van der Waals surface area contributed by atoms with Crippen molar-refractivity contribution in [3.05, 3.63) is 48.5 Å². The van der Waals surface area contributed by atoms with Crippen molar-refractivity contribution in [2.75, 3.05) is 83.6 Å². The van der Waals surface area contributed by atoms with Crippen molar-refractivity contribution in [3.8, 4) is 0 Å². The predicted octanol–water partition coefficient (Wildman–Crippen LogP) is 3.63. The van der Waals surface area contributed by atoms with E-state index in [0.29, 0.717) is 0 Å². The number of rotatable bonds is 7. The Morgan fingerprint density at radius 3 is 1.74 bits per heavy atom. The normalized spacial score (nSPS) is 20.5. The van der Waals surface area contributed by atoms with Crippen LogP contribution in [0.4, 0.5) is 11.4 Å². The summed E-state index contributed by atoms with van der Waals surface area (Å²) in [7, 11) is 0. The molecule has 2 aromatic rings. The van der Waals surface area contributed by atoms with Crippen LogP contribution in [-0.4, -0.2) is 93.4 Å². The lowest BCUT2D eigenvalue weighted by molar-refractivity contribution is 0.0299. The summed E-state index contributed by atoms with van der Waals surface area (Å²) in [5.41, 5.74) is 2.72. The van der Waals surface area contributed by atoms with Crippen molar-refractivity contribution in [1.82, 2.24) is 14.7 Å². The molecule has 0 aliphatic carbocycles. The minimum atomic E-state index is 0.901. The average Bonchev–Trinajstić information content (AvgIpc) is 2.84. The summed E-state index contributed by atoms with van der Waals surface area (Å²) in [6, 6.07) is 17.7. The van der Waals surface area contributed by atoms with Crippen molar-refractivity contribution < 1.29 is 4.74 Å². The first-order valence-corrected chi connectivity index (χ1v) is 12.6. The Hall–Kier alpha value is -1.57. The van der Waals surface area contributed by atoms with Gasteiger partial charge in [-0.2, -0.15) is 0 Å². The van der Waals surface area contributed by atoms with Crippen molar-refractivity contribution >= 4 is 23.1 Å². The van der Waals surface area contributed by atoms with Gasteiger partial charge in [0.05, 0.1) is 24.6 Å². The lowest BCUT2D eigenvalue weighted by atomic mass is 10.2. The van der Waals surface area contributed by atoms with Gasteiger partial charge in [-0.05, 0) is 37.2 Å². The zero-order valence-corrected chi connectivity index (χ0v) is 19.2. The van der Waals surface area contributed by atoms with Crippen molar-refractivity contribution in [1.29, 1.82) is 0 Å². The Labute approximate surface area is 190 Å². The molecule has 0 N–H and O–H groups in total. The number of para-hydroxylation sites is 2. The number of benzene rings is 2. The molecule has 31 heavy (non-hydrogen) atoms. The maximum atomic E-state index is 5.46. The van der Waals surface area contributed by atoms with Gasteiger partial charge in [0.2, 0.25) is 0 Å². The first kappa shape index (κ1) is 21.3. The van der Waals surface area contributed by atoms with Crippen LogP contribution in [0.25, 0.3) is 0 Å². The summed E-state index contributed by atoms with van der Waals surface area (Å²) in [4.78, 5) is 13.1. The lowest BCUT2D eigenvalue weighted by Crippen LogP contribution is -2.49. The van der Waals surface area contributed by atoms with Gasteiger partial charge in [0, 0.05) is 68.7 Å². The number of ether oxygens (including phenoxy) is 1. The largest absolute Gasteiger partial charge is 0.379 e. The zero-order chi connectivity index (χ0) is 20.9. The molecule has 5 rings (SSSR count). The molecule has 166 valence electrons. The first-order chi connectivity index (χ1) is 15.4. The molecule has 3 heterocycles. The summed E-state index contributed by atoms with van der Waals surface area (Å²) in [6.07, 6.45) is 1.20. The zero-order valence-electron chi connectivity index (χ0n) is 18.4. The maximum absolute atomic E-state index is 5.46. The molecule has 6 heteroatoms. The first-order valence-electron chi connectivity index (χ1n) is 11.7. The second-order valence-corrected chi connectivity index (χ2v) is 9.76. The predicted molar refractivity (Wildman–Crippen MR) is 129 cm³/mol. The Balaban J connectivity index is 1.09. The smallest absolute Gasteiger partial charge is 0.0594 e. The highest BCUT2D eigenvalue weighted by atomic mass is 32.2. The van der Waals surface area contributed by atoms with Gasteiger partial charge in [-0.25, -0.2) is 0 Å².